The van der Waals surface area contributed by atoms with Crippen molar-refractivity contribution in [3.05, 3.63) is 47.9 Å². The van der Waals surface area contributed by atoms with E-state index in [0.717, 1.165) is 0 Å². The van der Waals surface area contributed by atoms with Crippen molar-refractivity contribution in [1.29, 1.82) is 0 Å². The Morgan fingerprint density at radius 1 is 1.17 bits per heavy atom. The van der Waals surface area contributed by atoms with E-state index >= 15 is 0 Å². The summed E-state index contributed by atoms with van der Waals surface area (Å²) >= 11 is 0. The highest BCUT2D eigenvalue weighted by molar-refractivity contribution is 6.03. The highest BCUT2D eigenvalue weighted by Crippen LogP contribution is 2.13. The molecule has 1 amide bonds. The number of hydrogen-bond donors (Lipinski definition) is 2. The number of rotatable bonds is 7. The van der Waals surface area contributed by atoms with Crippen molar-refractivity contribution < 1.29 is 19.1 Å². The average molecular weight is 330 g/mol. The average Bonchev–Trinajstić information content (AvgIpc) is 2.62. The molecule has 0 aliphatic carbocycles. The zero-order valence-corrected chi connectivity index (χ0v) is 13.4. The van der Waals surface area contributed by atoms with Crippen LogP contribution in [0.4, 0.5) is 11.5 Å². The van der Waals surface area contributed by atoms with E-state index in [1.54, 1.807) is 25.3 Å². The smallest absolute Gasteiger partial charge is 0.337 e. The number of carbonyl (C=O) groups excluding carboxylic acids is 2. The minimum Gasteiger partial charge on any atom is -0.465 e. The van der Waals surface area contributed by atoms with Crippen LogP contribution in [0.25, 0.3) is 0 Å². The lowest BCUT2D eigenvalue weighted by atomic mass is 10.2. The van der Waals surface area contributed by atoms with E-state index in [0.29, 0.717) is 30.2 Å². The number of esters is 1. The van der Waals surface area contributed by atoms with E-state index in [2.05, 4.69) is 25.3 Å². The lowest BCUT2D eigenvalue weighted by Crippen LogP contribution is -2.15. The Bertz CT molecular complexity index is 703. The van der Waals surface area contributed by atoms with Crippen molar-refractivity contribution in [1.82, 2.24) is 9.97 Å². The number of anilines is 2. The van der Waals surface area contributed by atoms with Crippen LogP contribution in [0.5, 0.6) is 0 Å². The molecule has 0 unspecified atom stereocenters. The van der Waals surface area contributed by atoms with Gasteiger partial charge >= 0.3 is 5.97 Å². The number of benzene rings is 1. The fourth-order valence-electron chi connectivity index (χ4n) is 1.85. The van der Waals surface area contributed by atoms with Crippen molar-refractivity contribution in [2.24, 2.45) is 0 Å². The van der Waals surface area contributed by atoms with Gasteiger partial charge in [-0.25, -0.2) is 14.8 Å². The number of aromatic nitrogens is 2. The van der Waals surface area contributed by atoms with Gasteiger partial charge in [0.05, 0.1) is 31.7 Å². The van der Waals surface area contributed by atoms with Gasteiger partial charge in [-0.1, -0.05) is 6.07 Å². The molecule has 0 radical (unpaired) electrons. The van der Waals surface area contributed by atoms with E-state index in [4.69, 9.17) is 4.74 Å². The van der Waals surface area contributed by atoms with E-state index in [1.165, 1.54) is 25.6 Å². The third-order valence-corrected chi connectivity index (χ3v) is 3.04. The Balaban J connectivity index is 2.00. The van der Waals surface area contributed by atoms with Gasteiger partial charge in [-0.05, 0) is 18.2 Å². The van der Waals surface area contributed by atoms with Gasteiger partial charge in [-0.3, -0.25) is 4.79 Å². The molecule has 1 aromatic carbocycles. The fraction of sp³-hybridized carbons (Fsp3) is 0.250. The molecule has 8 heteroatoms. The van der Waals surface area contributed by atoms with Gasteiger partial charge in [-0.15, -0.1) is 0 Å². The zero-order valence-electron chi connectivity index (χ0n) is 13.4. The molecule has 1 heterocycles. The quantitative estimate of drug-likeness (QED) is 0.587. The largest absolute Gasteiger partial charge is 0.465 e. The summed E-state index contributed by atoms with van der Waals surface area (Å²) < 4.78 is 9.56. The molecule has 126 valence electrons. The molecule has 0 atom stereocenters. The van der Waals surface area contributed by atoms with Crippen LogP contribution in [-0.4, -0.2) is 49.2 Å². The molecule has 0 saturated carbocycles. The summed E-state index contributed by atoms with van der Waals surface area (Å²) in [6.45, 7) is 1.14. The SMILES string of the molecule is COCCNc1cnc(C(=O)Nc2cccc(C(=O)OC)c2)cn1. The second-order valence-corrected chi connectivity index (χ2v) is 4.73. The molecule has 0 spiro atoms. The minimum atomic E-state index is -0.475. The number of nitrogens with zero attached hydrogens (tertiary/aromatic N) is 2. The number of nitrogens with one attached hydrogen (secondary N) is 2. The standard InChI is InChI=1S/C16H18N4O4/c1-23-7-6-17-14-10-18-13(9-19-14)15(21)20-12-5-3-4-11(8-12)16(22)24-2/h3-5,8-10H,6-7H2,1-2H3,(H,17,19)(H,20,21). The summed E-state index contributed by atoms with van der Waals surface area (Å²) in [5.74, 6) is -0.346. The molecular formula is C16H18N4O4. The van der Waals surface area contributed by atoms with Crippen LogP contribution in [0.2, 0.25) is 0 Å². The molecule has 2 N–H and O–H groups in total. The fourth-order valence-corrected chi connectivity index (χ4v) is 1.85. The van der Waals surface area contributed by atoms with Crippen LogP contribution < -0.4 is 10.6 Å². The van der Waals surface area contributed by atoms with Crippen molar-refractivity contribution >= 4 is 23.4 Å². The molecule has 0 aliphatic rings. The first-order chi connectivity index (χ1) is 11.6. The maximum Gasteiger partial charge on any atom is 0.337 e. The van der Waals surface area contributed by atoms with E-state index in [9.17, 15) is 9.59 Å². The molecule has 2 rings (SSSR count). The zero-order chi connectivity index (χ0) is 17.4. The number of hydrogen-bond acceptors (Lipinski definition) is 7. The van der Waals surface area contributed by atoms with Crippen LogP contribution in [-0.2, 0) is 9.47 Å². The maximum absolute atomic E-state index is 12.2. The first kappa shape index (κ1) is 17.4. The Morgan fingerprint density at radius 2 is 2.00 bits per heavy atom. The molecular weight excluding hydrogens is 312 g/mol. The second kappa shape index (κ2) is 8.59. The van der Waals surface area contributed by atoms with Crippen molar-refractivity contribution in [3.8, 4) is 0 Å². The van der Waals surface area contributed by atoms with Gasteiger partial charge in [0.1, 0.15) is 11.5 Å². The summed E-state index contributed by atoms with van der Waals surface area (Å²) in [7, 11) is 2.90. The number of amides is 1. The van der Waals surface area contributed by atoms with Crippen molar-refractivity contribution in [2.45, 2.75) is 0 Å². The summed E-state index contributed by atoms with van der Waals surface area (Å²) in [5, 5.41) is 5.67. The predicted molar refractivity (Wildman–Crippen MR) is 88.1 cm³/mol. The summed E-state index contributed by atoms with van der Waals surface area (Å²) in [6, 6.07) is 6.44. The number of methoxy groups -OCH3 is 2. The van der Waals surface area contributed by atoms with Crippen molar-refractivity contribution in [2.75, 3.05) is 38.0 Å². The normalized spacial score (nSPS) is 10.1. The Hall–Kier alpha value is -3.00. The van der Waals surface area contributed by atoms with Gasteiger partial charge in [0.25, 0.3) is 5.91 Å². The van der Waals surface area contributed by atoms with Crippen LogP contribution in [0.3, 0.4) is 0 Å². The van der Waals surface area contributed by atoms with Gasteiger partial charge in [0, 0.05) is 19.3 Å². The summed E-state index contributed by atoms with van der Waals surface area (Å²) in [5.41, 5.74) is 0.974. The summed E-state index contributed by atoms with van der Waals surface area (Å²) in [6.07, 6.45) is 2.84. The predicted octanol–water partition coefficient (Wildman–Crippen LogP) is 1.57. The maximum atomic E-state index is 12.2. The van der Waals surface area contributed by atoms with Gasteiger partial charge in [0.15, 0.2) is 0 Å². The molecule has 0 aliphatic heterocycles. The Morgan fingerprint density at radius 3 is 2.67 bits per heavy atom. The molecule has 0 fully saturated rings. The first-order valence-electron chi connectivity index (χ1n) is 7.18. The third kappa shape index (κ3) is 4.75. The Labute approximate surface area is 139 Å². The Kier molecular flexibility index (Phi) is 6.21. The van der Waals surface area contributed by atoms with Gasteiger partial charge < -0.3 is 20.1 Å². The van der Waals surface area contributed by atoms with Crippen LogP contribution in [0.15, 0.2) is 36.7 Å². The minimum absolute atomic E-state index is 0.163. The molecule has 0 saturated heterocycles. The monoisotopic (exact) mass is 330 g/mol. The lowest BCUT2D eigenvalue weighted by molar-refractivity contribution is 0.0600. The highest BCUT2D eigenvalue weighted by Gasteiger charge is 2.11. The van der Waals surface area contributed by atoms with Crippen LogP contribution >= 0.6 is 0 Å². The molecule has 0 bridgehead atoms. The van der Waals surface area contributed by atoms with Crippen LogP contribution in [0, 0.1) is 0 Å². The third-order valence-electron chi connectivity index (χ3n) is 3.04. The molecule has 8 nitrogen and oxygen atoms in total. The lowest BCUT2D eigenvalue weighted by Gasteiger charge is -2.07. The number of ether oxygens (including phenoxy) is 2. The highest BCUT2D eigenvalue weighted by atomic mass is 16.5. The molecule has 1 aromatic heterocycles. The molecule has 2 aromatic rings. The molecule has 24 heavy (non-hydrogen) atoms. The summed E-state index contributed by atoms with van der Waals surface area (Å²) in [4.78, 5) is 31.8. The van der Waals surface area contributed by atoms with Crippen molar-refractivity contribution in [3.63, 3.8) is 0 Å². The van der Waals surface area contributed by atoms with E-state index in [1.807, 2.05) is 0 Å². The first-order valence-corrected chi connectivity index (χ1v) is 7.18. The van der Waals surface area contributed by atoms with E-state index < -0.39 is 11.9 Å². The topological polar surface area (TPSA) is 102 Å². The van der Waals surface area contributed by atoms with E-state index in [-0.39, 0.29) is 5.69 Å². The van der Waals surface area contributed by atoms with Gasteiger partial charge in [-0.2, -0.15) is 0 Å². The van der Waals surface area contributed by atoms with Gasteiger partial charge in [0.2, 0.25) is 0 Å². The van der Waals surface area contributed by atoms with Crippen LogP contribution in [0.1, 0.15) is 20.8 Å². The number of carbonyl (C=O) groups is 2. The second-order valence-electron chi connectivity index (χ2n) is 4.73.